The molecule has 3 N–H and O–H groups in total. The van der Waals surface area contributed by atoms with E-state index in [1.807, 2.05) is 73.3 Å². The van der Waals surface area contributed by atoms with E-state index in [-0.39, 0.29) is 17.2 Å². The van der Waals surface area contributed by atoms with Crippen molar-refractivity contribution in [2.45, 2.75) is 27.3 Å². The number of rotatable bonds is 7. The lowest BCUT2D eigenvalue weighted by Crippen LogP contribution is -2.41. The standard InChI is InChI=1S/C21H27N3O2/c1-16(25)23-19-11-7-8-17(12-19)13-24(15-21(2,3)14-22)20(26)18-9-5-4-6-10-18/h4-12H,13-15,22H2,1-3H3,(H,23,25). The highest BCUT2D eigenvalue weighted by atomic mass is 16.2. The number of anilines is 1. The highest BCUT2D eigenvalue weighted by Crippen LogP contribution is 2.20. The Balaban J connectivity index is 2.26. The van der Waals surface area contributed by atoms with E-state index in [1.165, 1.54) is 6.92 Å². The number of nitrogens with zero attached hydrogens (tertiary/aromatic N) is 1. The molecule has 0 unspecified atom stereocenters. The summed E-state index contributed by atoms with van der Waals surface area (Å²) in [4.78, 5) is 26.1. The molecule has 0 aromatic heterocycles. The Morgan fingerprint density at radius 3 is 2.38 bits per heavy atom. The van der Waals surface area contributed by atoms with E-state index >= 15 is 0 Å². The molecule has 0 saturated carbocycles. The van der Waals surface area contributed by atoms with Crippen LogP contribution in [0.5, 0.6) is 0 Å². The van der Waals surface area contributed by atoms with Gasteiger partial charge < -0.3 is 16.0 Å². The summed E-state index contributed by atoms with van der Waals surface area (Å²) in [5, 5.41) is 2.78. The fraction of sp³-hybridized carbons (Fsp3) is 0.333. The van der Waals surface area contributed by atoms with Crippen LogP contribution in [0.3, 0.4) is 0 Å². The lowest BCUT2D eigenvalue weighted by atomic mass is 9.92. The second-order valence-corrected chi connectivity index (χ2v) is 7.28. The van der Waals surface area contributed by atoms with Gasteiger partial charge in [0.25, 0.3) is 5.91 Å². The molecule has 0 saturated heterocycles. The van der Waals surface area contributed by atoms with Gasteiger partial charge in [-0.1, -0.05) is 44.2 Å². The third-order valence-corrected chi connectivity index (χ3v) is 4.10. The lowest BCUT2D eigenvalue weighted by molar-refractivity contribution is -0.114. The summed E-state index contributed by atoms with van der Waals surface area (Å²) in [7, 11) is 0. The Morgan fingerprint density at radius 1 is 1.08 bits per heavy atom. The van der Waals surface area contributed by atoms with Crippen molar-refractivity contribution < 1.29 is 9.59 Å². The van der Waals surface area contributed by atoms with Crippen molar-refractivity contribution >= 4 is 17.5 Å². The van der Waals surface area contributed by atoms with Crippen molar-refractivity contribution in [3.05, 3.63) is 65.7 Å². The Hall–Kier alpha value is -2.66. The molecule has 2 rings (SSSR count). The molecule has 2 aromatic carbocycles. The molecule has 26 heavy (non-hydrogen) atoms. The summed E-state index contributed by atoms with van der Waals surface area (Å²) in [5.74, 6) is -0.152. The van der Waals surface area contributed by atoms with Crippen LogP contribution in [-0.4, -0.2) is 29.8 Å². The summed E-state index contributed by atoms with van der Waals surface area (Å²) in [5.41, 5.74) is 8.01. The number of hydrogen-bond donors (Lipinski definition) is 2. The van der Waals surface area contributed by atoms with Crippen LogP contribution in [0.25, 0.3) is 0 Å². The summed E-state index contributed by atoms with van der Waals surface area (Å²) >= 11 is 0. The number of nitrogens with two attached hydrogens (primary N) is 1. The van der Waals surface area contributed by atoms with Gasteiger partial charge >= 0.3 is 0 Å². The zero-order valence-corrected chi connectivity index (χ0v) is 15.7. The van der Waals surface area contributed by atoms with E-state index in [2.05, 4.69) is 5.32 Å². The molecule has 2 amide bonds. The highest BCUT2D eigenvalue weighted by Gasteiger charge is 2.24. The van der Waals surface area contributed by atoms with Gasteiger partial charge in [0, 0.05) is 31.3 Å². The van der Waals surface area contributed by atoms with Crippen LogP contribution in [0.15, 0.2) is 54.6 Å². The summed E-state index contributed by atoms with van der Waals surface area (Å²) in [6.07, 6.45) is 0. The minimum Gasteiger partial charge on any atom is -0.334 e. The van der Waals surface area contributed by atoms with Crippen LogP contribution in [0.2, 0.25) is 0 Å². The van der Waals surface area contributed by atoms with Gasteiger partial charge in [0.05, 0.1) is 0 Å². The molecule has 0 spiro atoms. The van der Waals surface area contributed by atoms with Gasteiger partial charge in [0.1, 0.15) is 0 Å². The van der Waals surface area contributed by atoms with Gasteiger partial charge in [-0.15, -0.1) is 0 Å². The van der Waals surface area contributed by atoms with Gasteiger partial charge in [0.15, 0.2) is 0 Å². The molecule has 0 radical (unpaired) electrons. The lowest BCUT2D eigenvalue weighted by Gasteiger charge is -2.32. The number of nitrogens with one attached hydrogen (secondary N) is 1. The quantitative estimate of drug-likeness (QED) is 0.802. The van der Waals surface area contributed by atoms with Crippen molar-refractivity contribution in [1.82, 2.24) is 4.90 Å². The van der Waals surface area contributed by atoms with E-state index < -0.39 is 0 Å². The van der Waals surface area contributed by atoms with Gasteiger partial charge in [0.2, 0.25) is 5.91 Å². The fourth-order valence-corrected chi connectivity index (χ4v) is 2.72. The summed E-state index contributed by atoms with van der Waals surface area (Å²) in [6, 6.07) is 16.8. The van der Waals surface area contributed by atoms with Gasteiger partial charge in [-0.05, 0) is 41.8 Å². The first kappa shape index (κ1) is 19.7. The van der Waals surface area contributed by atoms with Crippen molar-refractivity contribution in [1.29, 1.82) is 0 Å². The molecule has 2 aromatic rings. The third-order valence-electron chi connectivity index (χ3n) is 4.10. The first-order valence-corrected chi connectivity index (χ1v) is 8.72. The topological polar surface area (TPSA) is 75.4 Å². The molecule has 0 aliphatic rings. The maximum atomic E-state index is 13.0. The predicted molar refractivity (Wildman–Crippen MR) is 105 cm³/mol. The van der Waals surface area contributed by atoms with Crippen LogP contribution in [0, 0.1) is 5.41 Å². The normalized spacial score (nSPS) is 11.1. The largest absolute Gasteiger partial charge is 0.334 e. The molecule has 0 atom stereocenters. The van der Waals surface area contributed by atoms with E-state index in [4.69, 9.17) is 5.73 Å². The molecular weight excluding hydrogens is 326 g/mol. The van der Waals surface area contributed by atoms with Gasteiger partial charge in [-0.25, -0.2) is 0 Å². The van der Waals surface area contributed by atoms with Crippen molar-refractivity contribution in [3.8, 4) is 0 Å². The molecule has 0 fully saturated rings. The molecule has 0 bridgehead atoms. The third kappa shape index (κ3) is 5.70. The minimum absolute atomic E-state index is 0.0305. The number of carbonyl (C=O) groups is 2. The van der Waals surface area contributed by atoms with Crippen LogP contribution in [0.1, 0.15) is 36.7 Å². The SMILES string of the molecule is CC(=O)Nc1cccc(CN(CC(C)(C)CN)C(=O)c2ccccc2)c1. The van der Waals surface area contributed by atoms with E-state index in [0.29, 0.717) is 25.2 Å². The Kier molecular flexibility index (Phi) is 6.52. The molecule has 0 aliphatic carbocycles. The average molecular weight is 353 g/mol. The second-order valence-electron chi connectivity index (χ2n) is 7.28. The Bertz CT molecular complexity index is 757. The highest BCUT2D eigenvalue weighted by molar-refractivity contribution is 5.94. The molecule has 5 nitrogen and oxygen atoms in total. The molecule has 0 heterocycles. The zero-order chi connectivity index (χ0) is 19.2. The Labute approximate surface area is 155 Å². The van der Waals surface area contributed by atoms with Crippen LogP contribution in [-0.2, 0) is 11.3 Å². The monoisotopic (exact) mass is 353 g/mol. The van der Waals surface area contributed by atoms with E-state index in [1.54, 1.807) is 0 Å². The maximum absolute atomic E-state index is 13.0. The second kappa shape index (κ2) is 8.63. The number of benzene rings is 2. The first-order chi connectivity index (χ1) is 12.3. The minimum atomic E-state index is -0.195. The van der Waals surface area contributed by atoms with Gasteiger partial charge in [-0.2, -0.15) is 0 Å². The van der Waals surface area contributed by atoms with Crippen molar-refractivity contribution in [2.75, 3.05) is 18.4 Å². The first-order valence-electron chi connectivity index (χ1n) is 8.72. The number of hydrogen-bond acceptors (Lipinski definition) is 3. The van der Waals surface area contributed by atoms with E-state index in [0.717, 1.165) is 11.3 Å². The average Bonchev–Trinajstić information content (AvgIpc) is 2.61. The van der Waals surface area contributed by atoms with Gasteiger partial charge in [-0.3, -0.25) is 9.59 Å². The molecular formula is C21H27N3O2. The van der Waals surface area contributed by atoms with Crippen LogP contribution in [0.4, 0.5) is 5.69 Å². The summed E-state index contributed by atoms with van der Waals surface area (Å²) in [6.45, 7) is 7.04. The molecule has 5 heteroatoms. The molecule has 0 aliphatic heterocycles. The predicted octanol–water partition coefficient (Wildman–Crippen LogP) is 3.27. The molecule has 138 valence electrons. The smallest absolute Gasteiger partial charge is 0.254 e. The number of amides is 2. The fourth-order valence-electron chi connectivity index (χ4n) is 2.72. The Morgan fingerprint density at radius 2 is 1.77 bits per heavy atom. The number of carbonyl (C=O) groups excluding carboxylic acids is 2. The van der Waals surface area contributed by atoms with E-state index in [9.17, 15) is 9.59 Å². The zero-order valence-electron chi connectivity index (χ0n) is 15.7. The van der Waals surface area contributed by atoms with Crippen molar-refractivity contribution in [3.63, 3.8) is 0 Å². The van der Waals surface area contributed by atoms with Crippen LogP contribution < -0.4 is 11.1 Å². The maximum Gasteiger partial charge on any atom is 0.254 e. The summed E-state index contributed by atoms with van der Waals surface area (Å²) < 4.78 is 0. The van der Waals surface area contributed by atoms with Crippen molar-refractivity contribution in [2.24, 2.45) is 11.1 Å². The van der Waals surface area contributed by atoms with Crippen LogP contribution >= 0.6 is 0 Å².